The summed E-state index contributed by atoms with van der Waals surface area (Å²) < 4.78 is 10.5. The van der Waals surface area contributed by atoms with Crippen molar-refractivity contribution in [3.8, 4) is 0 Å². The maximum absolute atomic E-state index is 13.0. The average Bonchev–Trinajstić information content (AvgIpc) is 2.98. The predicted octanol–water partition coefficient (Wildman–Crippen LogP) is 2.31. The van der Waals surface area contributed by atoms with Crippen molar-refractivity contribution in [2.75, 3.05) is 6.61 Å². The molecule has 31 heavy (non-hydrogen) atoms. The van der Waals surface area contributed by atoms with Gasteiger partial charge in [-0.2, -0.15) is 0 Å². The molecule has 0 aromatic rings. The van der Waals surface area contributed by atoms with Crippen LogP contribution in [0.3, 0.4) is 0 Å². The van der Waals surface area contributed by atoms with Crippen molar-refractivity contribution in [2.45, 2.75) is 64.6 Å². The van der Waals surface area contributed by atoms with E-state index in [2.05, 4.69) is 6.92 Å². The van der Waals surface area contributed by atoms with Gasteiger partial charge < -0.3 is 14.6 Å². The Morgan fingerprint density at radius 2 is 2.03 bits per heavy atom. The highest BCUT2D eigenvalue weighted by atomic mass is 16.5. The van der Waals surface area contributed by atoms with Crippen LogP contribution in [0.2, 0.25) is 0 Å². The maximum Gasteiger partial charge on any atom is 0.303 e. The van der Waals surface area contributed by atoms with Gasteiger partial charge in [-0.05, 0) is 56.1 Å². The number of Topliss-reactive ketones (excluding diaryl/α,β-unsaturated/α-hetero) is 1. The fourth-order valence-electron chi connectivity index (χ4n) is 7.24. The molecule has 1 N–H and O–H groups in total. The van der Waals surface area contributed by atoms with Crippen LogP contribution in [0.1, 0.15) is 52.9 Å². The predicted molar refractivity (Wildman–Crippen MR) is 110 cm³/mol. The molecule has 0 unspecified atom stereocenters. The van der Waals surface area contributed by atoms with Crippen LogP contribution in [0.5, 0.6) is 0 Å². The summed E-state index contributed by atoms with van der Waals surface area (Å²) >= 11 is 0. The van der Waals surface area contributed by atoms with Gasteiger partial charge in [0.1, 0.15) is 11.7 Å². The third-order valence-corrected chi connectivity index (χ3v) is 8.72. The van der Waals surface area contributed by atoms with Crippen molar-refractivity contribution in [1.82, 2.24) is 0 Å². The van der Waals surface area contributed by atoms with E-state index in [4.69, 9.17) is 9.47 Å². The minimum atomic E-state index is -1.64. The van der Waals surface area contributed by atoms with Gasteiger partial charge in [0, 0.05) is 23.7 Å². The van der Waals surface area contributed by atoms with E-state index in [0.717, 1.165) is 18.4 Å². The molecule has 0 amide bonds. The molecular weight excluding hydrogens is 400 g/mol. The largest absolute Gasteiger partial charge is 0.464 e. The number of fused-ring (bicyclic) bond motifs is 5. The van der Waals surface area contributed by atoms with Crippen LogP contribution in [0.4, 0.5) is 0 Å². The van der Waals surface area contributed by atoms with Gasteiger partial charge in [0.25, 0.3) is 6.47 Å². The van der Waals surface area contributed by atoms with Gasteiger partial charge in [-0.1, -0.05) is 25.5 Å². The molecule has 168 valence electrons. The average molecular weight is 430 g/mol. The Kier molecular flexibility index (Phi) is 5.23. The SMILES string of the molecule is CC(=O)OCC(=O)[C@]1(O)CC[C@H]2[C@@H]3CCC4=CC(=O)C=C[C@]4(C)[C@H]3[C@@H](OC=O)C[C@@]21C. The highest BCUT2D eigenvalue weighted by Crippen LogP contribution is 2.67. The first-order chi connectivity index (χ1) is 14.6. The molecule has 4 aliphatic carbocycles. The highest BCUT2D eigenvalue weighted by molar-refractivity contribution is 6.01. The molecule has 4 rings (SSSR count). The zero-order chi connectivity index (χ0) is 22.6. The van der Waals surface area contributed by atoms with Gasteiger partial charge in [-0.15, -0.1) is 0 Å². The van der Waals surface area contributed by atoms with Crippen LogP contribution < -0.4 is 0 Å². The van der Waals surface area contributed by atoms with Crippen molar-refractivity contribution in [3.05, 3.63) is 23.8 Å². The van der Waals surface area contributed by atoms with E-state index < -0.39 is 40.9 Å². The Balaban J connectivity index is 1.72. The van der Waals surface area contributed by atoms with Crippen LogP contribution in [0.15, 0.2) is 23.8 Å². The second kappa shape index (κ2) is 7.40. The molecule has 0 saturated heterocycles. The van der Waals surface area contributed by atoms with Crippen LogP contribution >= 0.6 is 0 Å². The number of hydrogen-bond donors (Lipinski definition) is 1. The van der Waals surface area contributed by atoms with Crippen LogP contribution in [0.25, 0.3) is 0 Å². The molecule has 0 heterocycles. The van der Waals surface area contributed by atoms with Gasteiger partial charge in [-0.3, -0.25) is 19.2 Å². The first kappa shape index (κ1) is 21.9. The second-order valence-corrected chi connectivity index (χ2v) is 10.0. The minimum absolute atomic E-state index is 0.0225. The Morgan fingerprint density at radius 1 is 1.29 bits per heavy atom. The molecule has 0 bridgehead atoms. The molecular formula is C24H30O7. The normalized spacial score (nSPS) is 43.2. The molecule has 7 nitrogen and oxygen atoms in total. The van der Waals surface area contributed by atoms with Crippen molar-refractivity contribution >= 4 is 24.0 Å². The molecule has 7 heteroatoms. The van der Waals surface area contributed by atoms with E-state index in [9.17, 15) is 24.3 Å². The molecule has 0 spiro atoms. The summed E-state index contributed by atoms with van der Waals surface area (Å²) in [6.07, 6.45) is 7.60. The van der Waals surface area contributed by atoms with Gasteiger partial charge in [0.05, 0.1) is 0 Å². The lowest BCUT2D eigenvalue weighted by molar-refractivity contribution is -0.187. The Bertz CT molecular complexity index is 888. The molecule has 0 aliphatic heterocycles. The lowest BCUT2D eigenvalue weighted by atomic mass is 9.46. The fourth-order valence-corrected chi connectivity index (χ4v) is 7.24. The molecule has 0 aromatic carbocycles. The summed E-state index contributed by atoms with van der Waals surface area (Å²) in [5.74, 6) is -0.946. The molecule has 0 aromatic heterocycles. The highest BCUT2D eigenvalue weighted by Gasteiger charge is 2.68. The summed E-state index contributed by atoms with van der Waals surface area (Å²) in [5, 5.41) is 11.6. The number of aliphatic hydroxyl groups is 1. The van der Waals surface area contributed by atoms with Gasteiger partial charge in [-0.25, -0.2) is 0 Å². The van der Waals surface area contributed by atoms with E-state index in [1.54, 1.807) is 12.2 Å². The molecule has 0 radical (unpaired) electrons. The second-order valence-electron chi connectivity index (χ2n) is 10.0. The minimum Gasteiger partial charge on any atom is -0.464 e. The molecule has 3 saturated carbocycles. The summed E-state index contributed by atoms with van der Waals surface area (Å²) in [5.41, 5.74) is -1.79. The van der Waals surface area contributed by atoms with Crippen LogP contribution in [0, 0.1) is 28.6 Å². The third-order valence-electron chi connectivity index (χ3n) is 8.72. The monoisotopic (exact) mass is 430 g/mol. The van der Waals surface area contributed by atoms with E-state index in [0.29, 0.717) is 25.7 Å². The standard InChI is InChI=1S/C24H30O7/c1-14(26)30-12-20(28)24(29)9-7-18-17-5-4-15-10-16(27)6-8-22(15,2)21(17)19(31-13-25)11-23(18,24)3/h6,8,10,13,17-19,21,29H,4-5,7,9,11-12H2,1-3H3/t17-,18-,19-,21+,22-,23-,24+/m0/s1. The van der Waals surface area contributed by atoms with E-state index in [1.165, 1.54) is 6.92 Å². The number of ether oxygens (including phenoxy) is 2. The van der Waals surface area contributed by atoms with Gasteiger partial charge in [0.15, 0.2) is 12.4 Å². The van der Waals surface area contributed by atoms with Crippen molar-refractivity contribution in [3.63, 3.8) is 0 Å². The quantitative estimate of drug-likeness (QED) is 0.527. The molecule has 3 fully saturated rings. The first-order valence-corrected chi connectivity index (χ1v) is 11.0. The topological polar surface area (TPSA) is 107 Å². The zero-order valence-electron chi connectivity index (χ0n) is 18.3. The molecule has 4 aliphatic rings. The lowest BCUT2D eigenvalue weighted by Gasteiger charge is -2.59. The van der Waals surface area contributed by atoms with Gasteiger partial charge in [0.2, 0.25) is 5.78 Å². The number of carbonyl (C=O) groups excluding carboxylic acids is 4. The number of hydrogen-bond acceptors (Lipinski definition) is 7. The summed E-state index contributed by atoms with van der Waals surface area (Å²) in [7, 11) is 0. The van der Waals surface area contributed by atoms with Crippen molar-refractivity contribution in [1.29, 1.82) is 0 Å². The Labute approximate surface area is 181 Å². The summed E-state index contributed by atoms with van der Waals surface area (Å²) in [6, 6.07) is 0. The first-order valence-electron chi connectivity index (χ1n) is 11.0. The maximum atomic E-state index is 13.0. The number of ketones is 2. The molecule has 7 atom stereocenters. The smallest absolute Gasteiger partial charge is 0.303 e. The fraction of sp³-hybridized carbons (Fsp3) is 0.667. The number of allylic oxidation sites excluding steroid dienone is 4. The Hall–Kier alpha value is -2.28. The van der Waals surface area contributed by atoms with Crippen LogP contribution in [-0.4, -0.2) is 47.4 Å². The number of rotatable bonds is 5. The van der Waals surface area contributed by atoms with Crippen molar-refractivity contribution in [2.24, 2.45) is 28.6 Å². The van der Waals surface area contributed by atoms with Gasteiger partial charge >= 0.3 is 5.97 Å². The number of esters is 1. The van der Waals surface area contributed by atoms with Crippen molar-refractivity contribution < 1.29 is 33.8 Å². The summed E-state index contributed by atoms with van der Waals surface area (Å²) in [6.45, 7) is 5.21. The number of carbonyl (C=O) groups is 4. The summed E-state index contributed by atoms with van der Waals surface area (Å²) in [4.78, 5) is 47.6. The van der Waals surface area contributed by atoms with Crippen LogP contribution in [-0.2, 0) is 28.7 Å². The van der Waals surface area contributed by atoms with E-state index in [1.807, 2.05) is 13.0 Å². The lowest BCUT2D eigenvalue weighted by Crippen LogP contribution is -2.62. The third kappa shape index (κ3) is 3.12. The Morgan fingerprint density at radius 3 is 2.71 bits per heavy atom. The van der Waals surface area contributed by atoms with E-state index in [-0.39, 0.29) is 23.5 Å². The van der Waals surface area contributed by atoms with E-state index >= 15 is 0 Å². The zero-order valence-corrected chi connectivity index (χ0v) is 18.3.